The van der Waals surface area contributed by atoms with Crippen LogP contribution >= 0.6 is 11.8 Å². The minimum atomic E-state index is 0.299. The van der Waals surface area contributed by atoms with Crippen molar-refractivity contribution in [3.8, 4) is 5.75 Å². The molecule has 0 bridgehead atoms. The van der Waals surface area contributed by atoms with Gasteiger partial charge in [-0.15, -0.1) is 11.8 Å². The summed E-state index contributed by atoms with van der Waals surface area (Å²) in [5.41, 5.74) is 10.8. The summed E-state index contributed by atoms with van der Waals surface area (Å²) in [5.74, 6) is 1.77. The van der Waals surface area contributed by atoms with Crippen molar-refractivity contribution in [2.45, 2.75) is 31.2 Å². The number of rotatable bonds is 9. The summed E-state index contributed by atoms with van der Waals surface area (Å²) in [6, 6.07) is 14.6. The van der Waals surface area contributed by atoms with E-state index in [0.717, 1.165) is 36.8 Å². The number of fused-ring (bicyclic) bond motifs is 1. The maximum Gasteiger partial charge on any atom is 0.222 e. The van der Waals surface area contributed by atoms with Crippen molar-refractivity contribution in [2.24, 2.45) is 21.7 Å². The van der Waals surface area contributed by atoms with Gasteiger partial charge in [-0.05, 0) is 55.7 Å². The van der Waals surface area contributed by atoms with Crippen molar-refractivity contribution in [3.05, 3.63) is 60.2 Å². The fraction of sp³-hybridized carbons (Fsp3) is 0.360. The molecule has 32 heavy (non-hydrogen) atoms. The van der Waals surface area contributed by atoms with Gasteiger partial charge in [0.2, 0.25) is 5.96 Å². The van der Waals surface area contributed by atoms with E-state index in [4.69, 9.17) is 15.6 Å². The molecular weight excluding hydrogens is 418 g/mol. The number of thioether (sulfide) groups is 1. The number of guanidine groups is 1. The highest BCUT2D eigenvalue weighted by atomic mass is 32.2. The molecule has 0 radical (unpaired) electrons. The minimum absolute atomic E-state index is 0.299. The smallest absolute Gasteiger partial charge is 0.222 e. The maximum atomic E-state index is 6.27. The number of para-hydroxylation sites is 1. The third-order valence-corrected chi connectivity index (χ3v) is 6.47. The first-order valence-electron chi connectivity index (χ1n) is 10.9. The molecule has 168 valence electrons. The predicted octanol–water partition coefficient (Wildman–Crippen LogP) is 4.94. The molecule has 0 saturated heterocycles. The zero-order valence-corrected chi connectivity index (χ0v) is 19.9. The second-order valence-corrected chi connectivity index (χ2v) is 9.26. The van der Waals surface area contributed by atoms with Crippen LogP contribution in [0.2, 0.25) is 0 Å². The van der Waals surface area contributed by atoms with Crippen LogP contribution in [0.25, 0.3) is 5.70 Å². The molecule has 7 heteroatoms. The Bertz CT molecular complexity index is 1040. The summed E-state index contributed by atoms with van der Waals surface area (Å²) < 4.78 is 5.43. The van der Waals surface area contributed by atoms with E-state index in [-0.39, 0.29) is 0 Å². The Morgan fingerprint density at radius 2 is 2.03 bits per heavy atom. The second kappa shape index (κ2) is 9.79. The number of nitrogens with zero attached hydrogens (tertiary/aromatic N) is 4. The van der Waals surface area contributed by atoms with Gasteiger partial charge in [-0.3, -0.25) is 4.90 Å². The molecule has 2 aromatic carbocycles. The first-order valence-corrected chi connectivity index (χ1v) is 12.1. The monoisotopic (exact) mass is 449 g/mol. The number of benzene rings is 2. The lowest BCUT2D eigenvalue weighted by molar-refractivity contribution is 0.289. The van der Waals surface area contributed by atoms with Gasteiger partial charge in [0.1, 0.15) is 11.4 Å². The van der Waals surface area contributed by atoms with Gasteiger partial charge in [-0.25, -0.2) is 10.0 Å². The summed E-state index contributed by atoms with van der Waals surface area (Å²) in [7, 11) is 1.63. The van der Waals surface area contributed by atoms with Crippen LogP contribution in [0.5, 0.6) is 5.75 Å². The standard InChI is InChI=1S/C25H31N5OS/c1-17(14-29(15-19-8-9-19)16-20-10-12-21(32-4)13-11-20)28-30-18(2)22-6-5-7-23(31-3)24(22)27-25(30)26/h5-7,10-13,19H,2,8-9,14-16H2,1,3-4H3,(H2,26,27)/b28-17+. The lowest BCUT2D eigenvalue weighted by Crippen LogP contribution is -2.36. The van der Waals surface area contributed by atoms with Crippen LogP contribution in [0.1, 0.15) is 30.9 Å². The Morgan fingerprint density at radius 3 is 2.69 bits per heavy atom. The molecule has 2 aliphatic rings. The van der Waals surface area contributed by atoms with E-state index in [2.05, 4.69) is 47.0 Å². The second-order valence-electron chi connectivity index (χ2n) is 8.38. The average molecular weight is 450 g/mol. The number of methoxy groups -OCH3 is 1. The van der Waals surface area contributed by atoms with E-state index in [9.17, 15) is 0 Å². The Morgan fingerprint density at radius 1 is 1.28 bits per heavy atom. The van der Waals surface area contributed by atoms with Crippen LogP contribution in [-0.4, -0.2) is 48.0 Å². The van der Waals surface area contributed by atoms with Crippen LogP contribution in [0, 0.1) is 5.92 Å². The van der Waals surface area contributed by atoms with E-state index in [1.54, 1.807) is 23.9 Å². The quantitative estimate of drug-likeness (QED) is 0.434. The van der Waals surface area contributed by atoms with Gasteiger partial charge in [0, 0.05) is 35.8 Å². The van der Waals surface area contributed by atoms with Gasteiger partial charge in [0.05, 0.1) is 12.8 Å². The van der Waals surface area contributed by atoms with Crippen molar-refractivity contribution in [1.82, 2.24) is 9.91 Å². The first kappa shape index (κ1) is 22.4. The normalized spacial score (nSPS) is 16.2. The number of nitrogens with two attached hydrogens (primary N) is 1. The number of hydrogen-bond acceptors (Lipinski definition) is 7. The molecule has 0 aromatic heterocycles. The fourth-order valence-corrected chi connectivity index (χ4v) is 4.34. The summed E-state index contributed by atoms with van der Waals surface area (Å²) in [5, 5.41) is 6.44. The Labute approximate surface area is 194 Å². The predicted molar refractivity (Wildman–Crippen MR) is 134 cm³/mol. The molecule has 2 N–H and O–H groups in total. The zero-order valence-electron chi connectivity index (χ0n) is 19.0. The minimum Gasteiger partial charge on any atom is -0.494 e. The highest BCUT2D eigenvalue weighted by Gasteiger charge is 2.26. The third-order valence-electron chi connectivity index (χ3n) is 5.73. The van der Waals surface area contributed by atoms with Crippen LogP contribution in [0.4, 0.5) is 5.69 Å². The van der Waals surface area contributed by atoms with E-state index in [1.807, 2.05) is 25.1 Å². The molecule has 0 unspecified atom stereocenters. The van der Waals surface area contributed by atoms with Gasteiger partial charge in [0.15, 0.2) is 0 Å². The molecule has 0 atom stereocenters. The maximum absolute atomic E-state index is 6.27. The van der Waals surface area contributed by atoms with Gasteiger partial charge >= 0.3 is 0 Å². The van der Waals surface area contributed by atoms with E-state index in [1.165, 1.54) is 23.3 Å². The first-order chi connectivity index (χ1) is 15.5. The van der Waals surface area contributed by atoms with Gasteiger partial charge in [-0.1, -0.05) is 30.8 Å². The molecule has 4 rings (SSSR count). The SMILES string of the molecule is C=C1c2cccc(OC)c2N=C(N)N1/N=C(\C)CN(Cc1ccc(SC)cc1)CC1CC1. The topological polar surface area (TPSA) is 66.5 Å². The van der Waals surface area contributed by atoms with Crippen LogP contribution < -0.4 is 10.5 Å². The van der Waals surface area contributed by atoms with Crippen molar-refractivity contribution in [2.75, 3.05) is 26.5 Å². The molecule has 1 fully saturated rings. The van der Waals surface area contributed by atoms with E-state index >= 15 is 0 Å². The molecular formula is C25H31N5OS. The van der Waals surface area contributed by atoms with Crippen molar-refractivity contribution >= 4 is 34.8 Å². The molecule has 1 heterocycles. The van der Waals surface area contributed by atoms with E-state index < -0.39 is 0 Å². The highest BCUT2D eigenvalue weighted by molar-refractivity contribution is 7.98. The van der Waals surface area contributed by atoms with Gasteiger partial charge in [-0.2, -0.15) is 5.10 Å². The molecule has 1 aliphatic heterocycles. The Balaban J connectivity index is 1.50. The van der Waals surface area contributed by atoms with Crippen molar-refractivity contribution in [3.63, 3.8) is 0 Å². The van der Waals surface area contributed by atoms with Crippen LogP contribution in [0.3, 0.4) is 0 Å². The number of aliphatic imine (C=N–C) groups is 1. The summed E-state index contributed by atoms with van der Waals surface area (Å²) in [6.07, 6.45) is 4.74. The third kappa shape index (κ3) is 5.16. The van der Waals surface area contributed by atoms with Crippen molar-refractivity contribution < 1.29 is 4.74 Å². The molecule has 1 saturated carbocycles. The lowest BCUT2D eigenvalue weighted by Gasteiger charge is -2.28. The van der Waals surface area contributed by atoms with E-state index in [0.29, 0.717) is 23.1 Å². The molecule has 6 nitrogen and oxygen atoms in total. The van der Waals surface area contributed by atoms with Gasteiger partial charge < -0.3 is 10.5 Å². The zero-order chi connectivity index (χ0) is 22.7. The largest absolute Gasteiger partial charge is 0.494 e. The average Bonchev–Trinajstić information content (AvgIpc) is 3.60. The summed E-state index contributed by atoms with van der Waals surface area (Å²) in [4.78, 5) is 8.30. The summed E-state index contributed by atoms with van der Waals surface area (Å²) >= 11 is 1.77. The fourth-order valence-electron chi connectivity index (χ4n) is 3.93. The number of ether oxygens (including phenoxy) is 1. The Hall–Kier alpha value is -2.77. The molecule has 1 aliphatic carbocycles. The lowest BCUT2D eigenvalue weighted by atomic mass is 10.1. The highest BCUT2D eigenvalue weighted by Crippen LogP contribution is 2.39. The Kier molecular flexibility index (Phi) is 6.86. The van der Waals surface area contributed by atoms with Crippen LogP contribution in [-0.2, 0) is 6.54 Å². The van der Waals surface area contributed by atoms with Crippen LogP contribution in [0.15, 0.2) is 64.0 Å². The molecule has 2 aromatic rings. The summed E-state index contributed by atoms with van der Waals surface area (Å²) in [6.45, 7) is 9.02. The molecule has 0 spiro atoms. The van der Waals surface area contributed by atoms with Gasteiger partial charge in [0.25, 0.3) is 0 Å². The number of hydrogen-bond donors (Lipinski definition) is 1. The number of hydrazone groups is 1. The van der Waals surface area contributed by atoms with Crippen molar-refractivity contribution in [1.29, 1.82) is 0 Å². The molecule has 0 amide bonds.